The normalized spacial score (nSPS) is 25.9. The fourth-order valence-corrected chi connectivity index (χ4v) is 3.62. The largest absolute Gasteiger partial charge is 0.573 e. The van der Waals surface area contributed by atoms with Gasteiger partial charge in [-0.25, -0.2) is 0 Å². The van der Waals surface area contributed by atoms with Crippen molar-refractivity contribution in [2.24, 2.45) is 5.92 Å². The molecule has 0 aliphatic carbocycles. The van der Waals surface area contributed by atoms with Crippen LogP contribution < -0.4 is 10.1 Å². The second-order valence-corrected chi connectivity index (χ2v) is 6.56. The highest BCUT2D eigenvalue weighted by Crippen LogP contribution is 2.34. The van der Waals surface area contributed by atoms with Crippen LogP contribution in [0.25, 0.3) is 0 Å². The average Bonchev–Trinajstić information content (AvgIpc) is 3.10. The van der Waals surface area contributed by atoms with Crippen molar-refractivity contribution < 1.29 is 27.4 Å². The van der Waals surface area contributed by atoms with Crippen LogP contribution in [0.15, 0.2) is 24.3 Å². The highest BCUT2D eigenvalue weighted by atomic mass is 19.4. The number of rotatable bonds is 5. The predicted octanol–water partition coefficient (Wildman–Crippen LogP) is 1.96. The molecule has 0 saturated carbocycles. The molecule has 3 rings (SSSR count). The Bertz CT molecular complexity index is 621. The zero-order valence-corrected chi connectivity index (χ0v) is 13.9. The molecule has 0 radical (unpaired) electrons. The van der Waals surface area contributed by atoms with Gasteiger partial charge in [0, 0.05) is 39.1 Å². The third-order valence-corrected chi connectivity index (χ3v) is 5.00. The SMILES string of the molecule is CO[C@]12CNC[C@@H]1CN(C(=O)CCc1ccc(OC(F)(F)F)cc1)C2. The Morgan fingerprint density at radius 1 is 1.36 bits per heavy atom. The Kier molecular flexibility index (Phi) is 4.92. The summed E-state index contributed by atoms with van der Waals surface area (Å²) < 4.78 is 45.9. The van der Waals surface area contributed by atoms with Gasteiger partial charge in [-0.1, -0.05) is 12.1 Å². The summed E-state index contributed by atoms with van der Waals surface area (Å²) in [5, 5.41) is 3.30. The number of carbonyl (C=O) groups excluding carboxylic acids is 1. The van der Waals surface area contributed by atoms with Gasteiger partial charge < -0.3 is 19.7 Å². The van der Waals surface area contributed by atoms with Crippen molar-refractivity contribution in [2.45, 2.75) is 24.8 Å². The van der Waals surface area contributed by atoms with E-state index >= 15 is 0 Å². The lowest BCUT2D eigenvalue weighted by Crippen LogP contribution is -2.42. The minimum atomic E-state index is -4.70. The molecule has 2 aliphatic rings. The number of ether oxygens (including phenoxy) is 2. The first-order chi connectivity index (χ1) is 11.8. The van der Waals surface area contributed by atoms with Crippen molar-refractivity contribution >= 4 is 5.91 Å². The number of aryl methyl sites for hydroxylation is 1. The molecule has 0 aromatic heterocycles. The van der Waals surface area contributed by atoms with Crippen LogP contribution in [0.1, 0.15) is 12.0 Å². The van der Waals surface area contributed by atoms with Gasteiger partial charge in [-0.3, -0.25) is 4.79 Å². The molecule has 2 aliphatic heterocycles. The van der Waals surface area contributed by atoms with Gasteiger partial charge in [-0.05, 0) is 24.1 Å². The van der Waals surface area contributed by atoms with Crippen molar-refractivity contribution in [1.29, 1.82) is 0 Å². The number of amides is 1. The Balaban J connectivity index is 1.51. The van der Waals surface area contributed by atoms with E-state index in [1.54, 1.807) is 19.2 Å². The summed E-state index contributed by atoms with van der Waals surface area (Å²) in [6.07, 6.45) is -3.90. The number of hydrogen-bond acceptors (Lipinski definition) is 4. The second-order valence-electron chi connectivity index (χ2n) is 6.56. The number of nitrogens with one attached hydrogen (secondary N) is 1. The molecule has 0 unspecified atom stereocenters. The molecule has 2 fully saturated rings. The average molecular weight is 358 g/mol. The minimum absolute atomic E-state index is 0.0430. The first-order valence-electron chi connectivity index (χ1n) is 8.20. The van der Waals surface area contributed by atoms with Gasteiger partial charge in [0.15, 0.2) is 0 Å². The Morgan fingerprint density at radius 3 is 2.68 bits per heavy atom. The molecule has 1 aromatic carbocycles. The lowest BCUT2D eigenvalue weighted by Gasteiger charge is -2.26. The van der Waals surface area contributed by atoms with Crippen LogP contribution >= 0.6 is 0 Å². The Hall–Kier alpha value is -1.80. The fourth-order valence-electron chi connectivity index (χ4n) is 3.62. The van der Waals surface area contributed by atoms with E-state index in [-0.39, 0.29) is 17.3 Å². The number of alkyl halides is 3. The molecule has 0 bridgehead atoms. The number of methoxy groups -OCH3 is 1. The number of hydrogen-bond donors (Lipinski definition) is 1. The topological polar surface area (TPSA) is 50.8 Å². The van der Waals surface area contributed by atoms with E-state index in [0.29, 0.717) is 31.8 Å². The van der Waals surface area contributed by atoms with Crippen molar-refractivity contribution in [3.8, 4) is 5.75 Å². The maximum Gasteiger partial charge on any atom is 0.573 e. The second kappa shape index (κ2) is 6.84. The van der Waals surface area contributed by atoms with Gasteiger partial charge in [-0.2, -0.15) is 0 Å². The van der Waals surface area contributed by atoms with Crippen LogP contribution in [0.2, 0.25) is 0 Å². The molecule has 5 nitrogen and oxygen atoms in total. The third-order valence-electron chi connectivity index (χ3n) is 5.00. The molecule has 1 aromatic rings. The van der Waals surface area contributed by atoms with E-state index < -0.39 is 6.36 Å². The molecule has 2 heterocycles. The first-order valence-corrected chi connectivity index (χ1v) is 8.20. The quantitative estimate of drug-likeness (QED) is 0.874. The number of benzene rings is 1. The van der Waals surface area contributed by atoms with Crippen LogP contribution in [0.4, 0.5) is 13.2 Å². The van der Waals surface area contributed by atoms with Gasteiger partial charge in [0.1, 0.15) is 11.4 Å². The standard InChI is InChI=1S/C17H21F3N2O3/c1-24-16-10-21-8-13(16)9-22(11-16)15(23)7-4-12-2-5-14(6-3-12)25-17(18,19)20/h2-3,5-6,13,21H,4,7-11H2,1H3/t13-,16+/m1/s1. The maximum absolute atomic E-state index is 12.4. The van der Waals surface area contributed by atoms with E-state index in [2.05, 4.69) is 10.1 Å². The summed E-state index contributed by atoms with van der Waals surface area (Å²) in [4.78, 5) is 14.3. The van der Waals surface area contributed by atoms with Gasteiger partial charge in [-0.15, -0.1) is 13.2 Å². The smallest absolute Gasteiger partial charge is 0.406 e. The van der Waals surface area contributed by atoms with Gasteiger partial charge in [0.2, 0.25) is 5.91 Å². The fraction of sp³-hybridized carbons (Fsp3) is 0.588. The van der Waals surface area contributed by atoms with Crippen LogP contribution in [-0.4, -0.2) is 56.1 Å². The molecule has 1 N–H and O–H groups in total. The van der Waals surface area contributed by atoms with Crippen molar-refractivity contribution in [2.75, 3.05) is 33.3 Å². The summed E-state index contributed by atoms with van der Waals surface area (Å²) in [5.74, 6) is 0.0891. The molecule has 138 valence electrons. The molecule has 8 heteroatoms. The first kappa shape index (κ1) is 18.0. The summed E-state index contributed by atoms with van der Waals surface area (Å²) in [6.45, 7) is 2.85. The monoisotopic (exact) mass is 358 g/mol. The Labute approximate surface area is 144 Å². The molecule has 2 atom stereocenters. The Morgan fingerprint density at radius 2 is 2.08 bits per heavy atom. The van der Waals surface area contributed by atoms with Crippen molar-refractivity contribution in [3.05, 3.63) is 29.8 Å². The van der Waals surface area contributed by atoms with Gasteiger partial charge in [0.25, 0.3) is 0 Å². The van der Waals surface area contributed by atoms with Crippen LogP contribution in [0, 0.1) is 5.92 Å². The molecule has 25 heavy (non-hydrogen) atoms. The van der Waals surface area contributed by atoms with Gasteiger partial charge >= 0.3 is 6.36 Å². The minimum Gasteiger partial charge on any atom is -0.406 e. The van der Waals surface area contributed by atoms with E-state index in [1.165, 1.54) is 12.1 Å². The summed E-state index contributed by atoms with van der Waals surface area (Å²) in [5.41, 5.74) is 0.511. The summed E-state index contributed by atoms with van der Waals surface area (Å²) in [6, 6.07) is 5.62. The lowest BCUT2D eigenvalue weighted by molar-refractivity contribution is -0.274. The van der Waals surface area contributed by atoms with E-state index in [4.69, 9.17) is 4.74 Å². The van der Waals surface area contributed by atoms with E-state index in [1.807, 2.05) is 4.90 Å². The van der Waals surface area contributed by atoms with Crippen LogP contribution in [0.5, 0.6) is 5.75 Å². The number of carbonyl (C=O) groups is 1. The zero-order chi connectivity index (χ0) is 18.1. The van der Waals surface area contributed by atoms with Crippen molar-refractivity contribution in [3.63, 3.8) is 0 Å². The van der Waals surface area contributed by atoms with Crippen LogP contribution in [0.3, 0.4) is 0 Å². The number of nitrogens with zero attached hydrogens (tertiary/aromatic N) is 1. The third kappa shape index (κ3) is 4.07. The zero-order valence-electron chi connectivity index (χ0n) is 13.9. The van der Waals surface area contributed by atoms with Crippen LogP contribution in [-0.2, 0) is 16.0 Å². The summed E-state index contributed by atoms with van der Waals surface area (Å²) in [7, 11) is 1.68. The molecular formula is C17H21F3N2O3. The van der Waals surface area contributed by atoms with Gasteiger partial charge in [0.05, 0.1) is 6.54 Å². The number of fused-ring (bicyclic) bond motifs is 1. The molecule has 0 spiro atoms. The van der Waals surface area contributed by atoms with Crippen molar-refractivity contribution in [1.82, 2.24) is 10.2 Å². The predicted molar refractivity (Wildman–Crippen MR) is 84.1 cm³/mol. The molecular weight excluding hydrogens is 337 g/mol. The highest BCUT2D eigenvalue weighted by Gasteiger charge is 2.51. The molecule has 2 saturated heterocycles. The maximum atomic E-state index is 12.4. The van der Waals surface area contributed by atoms with E-state index in [0.717, 1.165) is 18.7 Å². The van der Waals surface area contributed by atoms with E-state index in [9.17, 15) is 18.0 Å². The lowest BCUT2D eigenvalue weighted by atomic mass is 9.95. The highest BCUT2D eigenvalue weighted by molar-refractivity contribution is 5.77. The number of likely N-dealkylation sites (tertiary alicyclic amines) is 1. The molecule has 1 amide bonds. The summed E-state index contributed by atoms with van der Waals surface area (Å²) >= 11 is 0. The number of halogens is 3.